The summed E-state index contributed by atoms with van der Waals surface area (Å²) < 4.78 is 49.0. The molecule has 2 aliphatic rings. The third-order valence-corrected chi connectivity index (χ3v) is 7.07. The van der Waals surface area contributed by atoms with Crippen molar-refractivity contribution in [3.8, 4) is 6.07 Å². The number of ether oxygens (including phenoxy) is 1. The molecular weight excluding hydrogens is 473 g/mol. The smallest absolute Gasteiger partial charge is 0.379 e. The van der Waals surface area contributed by atoms with Crippen LogP contribution in [0.1, 0.15) is 43.7 Å². The first-order valence-electron chi connectivity index (χ1n) is 12.1. The molecule has 8 nitrogen and oxygen atoms in total. The molecule has 0 aliphatic carbocycles. The predicted octanol–water partition coefficient (Wildman–Crippen LogP) is 4.59. The van der Waals surface area contributed by atoms with Crippen molar-refractivity contribution in [3.63, 3.8) is 0 Å². The van der Waals surface area contributed by atoms with Gasteiger partial charge in [0.1, 0.15) is 11.4 Å². The van der Waals surface area contributed by atoms with Gasteiger partial charge in [0.15, 0.2) is 5.82 Å². The number of fused-ring (bicyclic) bond motifs is 1. The minimum Gasteiger partial charge on any atom is -0.379 e. The Hall–Kier alpha value is -3.36. The Morgan fingerprint density at radius 2 is 1.94 bits per heavy atom. The van der Waals surface area contributed by atoms with Crippen LogP contribution in [0.2, 0.25) is 0 Å². The number of halogens is 3. The number of pyridine rings is 1. The fourth-order valence-corrected chi connectivity index (χ4v) is 5.38. The molecule has 0 amide bonds. The average molecular weight is 501 g/mol. The number of likely N-dealkylation sites (tertiary alicyclic amines) is 1. The highest BCUT2D eigenvalue weighted by molar-refractivity contribution is 5.91. The van der Waals surface area contributed by atoms with E-state index in [0.29, 0.717) is 49.3 Å². The average Bonchev–Trinajstić information content (AvgIpc) is 3.50. The maximum absolute atomic E-state index is 13.9. The van der Waals surface area contributed by atoms with Crippen LogP contribution in [-0.4, -0.2) is 52.1 Å². The molecule has 0 saturated carbocycles. The van der Waals surface area contributed by atoms with Crippen LogP contribution in [-0.2, 0) is 10.3 Å². The molecule has 0 spiro atoms. The van der Waals surface area contributed by atoms with Crippen molar-refractivity contribution in [2.24, 2.45) is 0 Å². The van der Waals surface area contributed by atoms with E-state index in [1.54, 1.807) is 22.9 Å². The largest absolute Gasteiger partial charge is 0.408 e. The molecule has 0 unspecified atom stereocenters. The van der Waals surface area contributed by atoms with Gasteiger partial charge in [-0.2, -0.15) is 23.5 Å². The zero-order chi connectivity index (χ0) is 25.3. The highest BCUT2D eigenvalue weighted by Gasteiger charge is 2.45. The monoisotopic (exact) mass is 500 g/mol. The van der Waals surface area contributed by atoms with E-state index >= 15 is 0 Å². The first-order valence-corrected chi connectivity index (χ1v) is 12.1. The van der Waals surface area contributed by atoms with E-state index in [1.165, 1.54) is 23.2 Å². The maximum Gasteiger partial charge on any atom is 0.408 e. The number of anilines is 2. The molecule has 2 saturated heterocycles. The summed E-state index contributed by atoms with van der Waals surface area (Å²) in [5, 5.41) is 17.6. The summed E-state index contributed by atoms with van der Waals surface area (Å²) >= 11 is 0. The lowest BCUT2D eigenvalue weighted by molar-refractivity contribution is -0.183. The van der Waals surface area contributed by atoms with Crippen LogP contribution in [0.3, 0.4) is 0 Å². The van der Waals surface area contributed by atoms with Gasteiger partial charge in [-0.05, 0) is 62.5 Å². The number of rotatable bonds is 6. The number of hydrogen-bond donors (Lipinski definition) is 2. The Kier molecular flexibility index (Phi) is 6.49. The Morgan fingerprint density at radius 3 is 2.58 bits per heavy atom. The van der Waals surface area contributed by atoms with Gasteiger partial charge < -0.3 is 15.0 Å². The Morgan fingerprint density at radius 1 is 1.19 bits per heavy atom. The molecule has 2 aliphatic heterocycles. The van der Waals surface area contributed by atoms with Gasteiger partial charge >= 0.3 is 6.18 Å². The Labute approximate surface area is 205 Å². The summed E-state index contributed by atoms with van der Waals surface area (Å²) in [6.45, 7) is 1.74. The zero-order valence-corrected chi connectivity index (χ0v) is 19.6. The second-order valence-corrected chi connectivity index (χ2v) is 9.48. The summed E-state index contributed by atoms with van der Waals surface area (Å²) in [7, 11) is 0. The molecule has 2 atom stereocenters. The van der Waals surface area contributed by atoms with Crippen molar-refractivity contribution in [1.82, 2.24) is 19.7 Å². The van der Waals surface area contributed by atoms with Crippen LogP contribution in [0.5, 0.6) is 0 Å². The molecule has 3 aromatic rings. The molecule has 5 rings (SSSR count). The van der Waals surface area contributed by atoms with E-state index in [1.807, 2.05) is 0 Å². The first-order chi connectivity index (χ1) is 17.3. The van der Waals surface area contributed by atoms with Crippen molar-refractivity contribution in [2.75, 3.05) is 31.6 Å². The van der Waals surface area contributed by atoms with Crippen LogP contribution >= 0.6 is 0 Å². The van der Waals surface area contributed by atoms with Gasteiger partial charge in [-0.15, -0.1) is 0 Å². The van der Waals surface area contributed by atoms with E-state index in [2.05, 4.69) is 21.5 Å². The summed E-state index contributed by atoms with van der Waals surface area (Å²) in [5.41, 5.74) is 0.177. The van der Waals surface area contributed by atoms with Gasteiger partial charge in [0, 0.05) is 18.5 Å². The molecule has 4 heterocycles. The third-order valence-electron chi connectivity index (χ3n) is 7.07. The molecule has 2 aromatic heterocycles. The van der Waals surface area contributed by atoms with Crippen molar-refractivity contribution in [2.45, 2.75) is 49.9 Å². The molecule has 1 aromatic carbocycles. The molecular formula is C25H27F3N6O2. The molecule has 11 heteroatoms. The fourth-order valence-electron chi connectivity index (χ4n) is 5.38. The number of H-pyrrole nitrogens is 1. The lowest BCUT2D eigenvalue weighted by Crippen LogP contribution is -2.42. The maximum atomic E-state index is 13.9. The lowest BCUT2D eigenvalue weighted by atomic mass is 9.89. The number of hydrogen-bond acceptors (Lipinski definition) is 6. The van der Waals surface area contributed by atoms with Crippen molar-refractivity contribution in [3.05, 3.63) is 52.4 Å². The van der Waals surface area contributed by atoms with Crippen molar-refractivity contribution < 1.29 is 17.9 Å². The molecule has 36 heavy (non-hydrogen) atoms. The molecule has 2 N–H and O–H groups in total. The van der Waals surface area contributed by atoms with E-state index < -0.39 is 17.8 Å². The minimum atomic E-state index is -4.38. The van der Waals surface area contributed by atoms with Crippen molar-refractivity contribution >= 4 is 22.4 Å². The fraction of sp³-hybridized carbons (Fsp3) is 0.480. The van der Waals surface area contributed by atoms with E-state index in [4.69, 9.17) is 4.74 Å². The van der Waals surface area contributed by atoms with Crippen LogP contribution in [0.25, 0.3) is 10.9 Å². The summed E-state index contributed by atoms with van der Waals surface area (Å²) in [4.78, 5) is 16.9. The van der Waals surface area contributed by atoms with Crippen LogP contribution in [0, 0.1) is 11.3 Å². The highest BCUT2D eigenvalue weighted by Crippen LogP contribution is 2.40. The minimum absolute atomic E-state index is 0.167. The second kappa shape index (κ2) is 9.59. The molecule has 190 valence electrons. The first kappa shape index (κ1) is 24.3. The Balaban J connectivity index is 1.50. The number of benzene rings is 1. The SMILES string of the molecule is N#CC[C@@]1(n2nc(Nc3ccc([C@@H](N4CCCC4)C(F)(F)F)cc3)c3c(=O)[nH]ccc32)CCCOC1. The Bertz CT molecular complexity index is 1310. The van der Waals surface area contributed by atoms with Gasteiger partial charge in [-0.1, -0.05) is 12.1 Å². The summed E-state index contributed by atoms with van der Waals surface area (Å²) in [5.74, 6) is 0.273. The van der Waals surface area contributed by atoms with Crippen LogP contribution in [0.15, 0.2) is 41.3 Å². The van der Waals surface area contributed by atoms with Gasteiger partial charge in [0.2, 0.25) is 0 Å². The quantitative estimate of drug-likeness (QED) is 0.514. The number of nitrogens with one attached hydrogen (secondary N) is 2. The van der Waals surface area contributed by atoms with Crippen molar-refractivity contribution in [1.29, 1.82) is 5.26 Å². The number of nitriles is 1. The molecule has 0 bridgehead atoms. The predicted molar refractivity (Wildman–Crippen MR) is 128 cm³/mol. The standard InChI is InChI=1S/C25H27F3N6O2/c26-25(27,28)21(33-13-1-2-14-33)17-4-6-18(7-5-17)31-22-20-19(8-12-30-23(20)35)34(32-22)24(10-11-29)9-3-15-36-16-24/h4-8,12,21H,1-3,9-10,13-16H2,(H,30,35)(H,31,32)/t21-,24+/m1/s1. The molecule has 0 radical (unpaired) electrons. The number of aromatic nitrogens is 3. The number of alkyl halides is 3. The summed E-state index contributed by atoms with van der Waals surface area (Å²) in [6.07, 6.45) is 0.269. The topological polar surface area (TPSA) is 99.0 Å². The lowest BCUT2D eigenvalue weighted by Gasteiger charge is -2.35. The number of aromatic amines is 1. The highest BCUT2D eigenvalue weighted by atomic mass is 19.4. The van der Waals surface area contributed by atoms with Gasteiger partial charge in [-0.25, -0.2) is 0 Å². The van der Waals surface area contributed by atoms with E-state index in [-0.39, 0.29) is 23.4 Å². The number of nitrogens with zero attached hydrogens (tertiary/aromatic N) is 4. The van der Waals surface area contributed by atoms with Gasteiger partial charge in [0.25, 0.3) is 5.56 Å². The van der Waals surface area contributed by atoms with Crippen LogP contribution in [0.4, 0.5) is 24.7 Å². The summed E-state index contributed by atoms with van der Waals surface area (Å²) in [6, 6.07) is 8.39. The van der Waals surface area contributed by atoms with Gasteiger partial charge in [0.05, 0.1) is 30.2 Å². The van der Waals surface area contributed by atoms with E-state index in [9.17, 15) is 23.2 Å². The van der Waals surface area contributed by atoms with Gasteiger partial charge in [-0.3, -0.25) is 14.4 Å². The zero-order valence-electron chi connectivity index (χ0n) is 19.6. The molecule has 2 fully saturated rings. The van der Waals surface area contributed by atoms with Crippen LogP contribution < -0.4 is 10.9 Å². The third kappa shape index (κ3) is 4.47. The normalized spacial score (nSPS) is 21.9. The van der Waals surface area contributed by atoms with E-state index in [0.717, 1.165) is 19.3 Å². The second-order valence-electron chi connectivity index (χ2n) is 9.48.